The van der Waals surface area contributed by atoms with E-state index >= 15 is 0 Å². The molecule has 2 aromatic rings. The van der Waals surface area contributed by atoms with Crippen molar-refractivity contribution in [2.45, 2.75) is 49.8 Å². The number of hydrogen-bond acceptors (Lipinski definition) is 5. The van der Waals surface area contributed by atoms with E-state index in [2.05, 4.69) is 23.7 Å². The Balaban J connectivity index is 1.60. The molecule has 6 nitrogen and oxygen atoms in total. The second-order valence-corrected chi connectivity index (χ2v) is 9.60. The van der Waals surface area contributed by atoms with Gasteiger partial charge in [-0.1, -0.05) is 12.1 Å². The first-order chi connectivity index (χ1) is 12.9. The topological polar surface area (TPSA) is 62.7 Å². The smallest absolute Gasteiger partial charge is 0.243 e. The summed E-state index contributed by atoms with van der Waals surface area (Å²) in [5.41, 5.74) is 0. The lowest BCUT2D eigenvalue weighted by Gasteiger charge is -2.38. The van der Waals surface area contributed by atoms with E-state index in [0.717, 1.165) is 43.2 Å². The molecule has 0 saturated carbocycles. The van der Waals surface area contributed by atoms with Crippen molar-refractivity contribution in [2.75, 3.05) is 26.2 Å². The normalized spacial score (nSPS) is 28.0. The summed E-state index contributed by atoms with van der Waals surface area (Å²) in [5, 5.41) is 1.59. The Labute approximate surface area is 161 Å². The van der Waals surface area contributed by atoms with Crippen molar-refractivity contribution in [3.05, 3.63) is 36.7 Å². The molecule has 1 aromatic heterocycles. The molecular formula is C20H27N3O3S. The SMILES string of the molecule is C[C@@H]1CN(C[C@H]2CCCN2S(=O)(=O)c2cccc3cnccc23)C[C@@H](C)O1. The Morgan fingerprint density at radius 1 is 1.19 bits per heavy atom. The highest BCUT2D eigenvalue weighted by Crippen LogP contribution is 2.31. The molecule has 3 atom stereocenters. The number of pyridine rings is 1. The van der Waals surface area contributed by atoms with Gasteiger partial charge in [0.1, 0.15) is 0 Å². The van der Waals surface area contributed by atoms with Gasteiger partial charge >= 0.3 is 0 Å². The van der Waals surface area contributed by atoms with Gasteiger partial charge in [0.05, 0.1) is 17.1 Å². The fourth-order valence-corrected chi connectivity index (χ4v) is 6.38. The molecule has 0 unspecified atom stereocenters. The van der Waals surface area contributed by atoms with Crippen molar-refractivity contribution in [1.82, 2.24) is 14.2 Å². The molecule has 27 heavy (non-hydrogen) atoms. The summed E-state index contributed by atoms with van der Waals surface area (Å²) < 4.78 is 34.5. The van der Waals surface area contributed by atoms with Crippen LogP contribution in [0.2, 0.25) is 0 Å². The Hall–Kier alpha value is -1.54. The zero-order chi connectivity index (χ0) is 19.0. The van der Waals surface area contributed by atoms with Crippen molar-refractivity contribution in [3.8, 4) is 0 Å². The summed E-state index contributed by atoms with van der Waals surface area (Å²) in [6.45, 7) is 7.22. The van der Waals surface area contributed by atoms with Gasteiger partial charge in [0, 0.05) is 55.4 Å². The van der Waals surface area contributed by atoms with Crippen LogP contribution in [0, 0.1) is 0 Å². The maximum atomic E-state index is 13.5. The third-order valence-electron chi connectivity index (χ3n) is 5.51. The van der Waals surface area contributed by atoms with E-state index in [-0.39, 0.29) is 18.2 Å². The molecule has 2 saturated heterocycles. The van der Waals surface area contributed by atoms with Gasteiger partial charge in [0.15, 0.2) is 0 Å². The van der Waals surface area contributed by atoms with Crippen molar-refractivity contribution in [2.24, 2.45) is 0 Å². The molecule has 3 heterocycles. The van der Waals surface area contributed by atoms with Crippen LogP contribution in [0.3, 0.4) is 0 Å². The average Bonchev–Trinajstić information content (AvgIpc) is 3.09. The van der Waals surface area contributed by atoms with Crippen molar-refractivity contribution in [1.29, 1.82) is 0 Å². The van der Waals surface area contributed by atoms with Gasteiger partial charge in [-0.3, -0.25) is 9.88 Å². The number of hydrogen-bond donors (Lipinski definition) is 0. The third kappa shape index (κ3) is 3.74. The number of rotatable bonds is 4. The van der Waals surface area contributed by atoms with Gasteiger partial charge < -0.3 is 4.74 Å². The number of benzene rings is 1. The molecule has 0 aliphatic carbocycles. The van der Waals surface area contributed by atoms with Crippen molar-refractivity contribution >= 4 is 20.8 Å². The lowest BCUT2D eigenvalue weighted by Crippen LogP contribution is -2.50. The van der Waals surface area contributed by atoms with Crippen LogP contribution in [-0.2, 0) is 14.8 Å². The van der Waals surface area contributed by atoms with Gasteiger partial charge in [0.25, 0.3) is 0 Å². The zero-order valence-electron chi connectivity index (χ0n) is 15.9. The largest absolute Gasteiger partial charge is 0.373 e. The van der Waals surface area contributed by atoms with Crippen molar-refractivity contribution < 1.29 is 13.2 Å². The molecular weight excluding hydrogens is 362 g/mol. The average molecular weight is 390 g/mol. The summed E-state index contributed by atoms with van der Waals surface area (Å²) in [5.74, 6) is 0. The van der Waals surface area contributed by atoms with E-state index in [0.29, 0.717) is 11.4 Å². The Bertz CT molecular complexity index is 902. The standard InChI is InChI=1S/C20H27N3O3S/c1-15-12-22(13-16(2)26-15)14-18-6-4-10-23(18)27(24,25)20-7-3-5-17-11-21-9-8-19(17)20/h3,5,7-9,11,15-16,18H,4,6,10,12-14H2,1-2H3/t15-,16-,18-/m1/s1. The second kappa shape index (κ2) is 7.47. The number of ether oxygens (including phenoxy) is 1. The van der Waals surface area contributed by atoms with Crippen LogP contribution in [0.1, 0.15) is 26.7 Å². The summed E-state index contributed by atoms with van der Waals surface area (Å²) in [6.07, 6.45) is 5.56. The Morgan fingerprint density at radius 3 is 2.74 bits per heavy atom. The van der Waals surface area contributed by atoms with Gasteiger partial charge in [0.2, 0.25) is 10.0 Å². The summed E-state index contributed by atoms with van der Waals surface area (Å²) in [6, 6.07) is 7.22. The molecule has 1 aromatic carbocycles. The van der Waals surface area contributed by atoms with E-state index in [1.54, 1.807) is 34.9 Å². The maximum absolute atomic E-state index is 13.5. The quantitative estimate of drug-likeness (QED) is 0.804. The molecule has 0 bridgehead atoms. The van der Waals surface area contributed by atoms with Crippen LogP contribution in [0.4, 0.5) is 0 Å². The minimum Gasteiger partial charge on any atom is -0.373 e. The minimum atomic E-state index is -3.54. The Morgan fingerprint density at radius 2 is 1.96 bits per heavy atom. The highest BCUT2D eigenvalue weighted by Gasteiger charge is 2.37. The second-order valence-electron chi connectivity index (χ2n) is 7.74. The number of morpholine rings is 1. The molecule has 0 N–H and O–H groups in total. The summed E-state index contributed by atoms with van der Waals surface area (Å²) >= 11 is 0. The highest BCUT2D eigenvalue weighted by molar-refractivity contribution is 7.89. The molecule has 0 radical (unpaired) electrons. The van der Waals surface area contributed by atoms with Gasteiger partial charge in [-0.2, -0.15) is 4.31 Å². The number of fused-ring (bicyclic) bond motifs is 1. The third-order valence-corrected chi connectivity index (χ3v) is 7.52. The van der Waals surface area contributed by atoms with Gasteiger partial charge in [-0.15, -0.1) is 0 Å². The van der Waals surface area contributed by atoms with E-state index < -0.39 is 10.0 Å². The predicted octanol–water partition coefficient (Wildman–Crippen LogP) is 2.50. The first-order valence-corrected chi connectivity index (χ1v) is 11.1. The molecule has 2 aliphatic rings. The molecule has 4 rings (SSSR count). The van der Waals surface area contributed by atoms with E-state index in [9.17, 15) is 8.42 Å². The van der Waals surface area contributed by atoms with Crippen LogP contribution in [0.15, 0.2) is 41.6 Å². The zero-order valence-corrected chi connectivity index (χ0v) is 16.7. The lowest BCUT2D eigenvalue weighted by molar-refractivity contribution is -0.0707. The fraction of sp³-hybridized carbons (Fsp3) is 0.550. The Kier molecular flexibility index (Phi) is 5.20. The maximum Gasteiger partial charge on any atom is 0.243 e. The monoisotopic (exact) mass is 389 g/mol. The summed E-state index contributed by atoms with van der Waals surface area (Å²) in [4.78, 5) is 6.85. The molecule has 2 fully saturated rings. The molecule has 2 aliphatic heterocycles. The van der Waals surface area contributed by atoms with Crippen LogP contribution in [0.5, 0.6) is 0 Å². The number of sulfonamides is 1. The first-order valence-electron chi connectivity index (χ1n) is 9.67. The summed E-state index contributed by atoms with van der Waals surface area (Å²) in [7, 11) is -3.54. The minimum absolute atomic E-state index is 0.0181. The predicted molar refractivity (Wildman–Crippen MR) is 105 cm³/mol. The van der Waals surface area contributed by atoms with Crippen molar-refractivity contribution in [3.63, 3.8) is 0 Å². The first kappa shape index (κ1) is 18.8. The fourth-order valence-electron chi connectivity index (χ4n) is 4.48. The van der Waals surface area contributed by atoms with Crippen LogP contribution < -0.4 is 0 Å². The van der Waals surface area contributed by atoms with E-state index in [1.807, 2.05) is 6.07 Å². The number of aromatic nitrogens is 1. The number of nitrogens with zero attached hydrogens (tertiary/aromatic N) is 3. The molecule has 0 spiro atoms. The molecule has 146 valence electrons. The van der Waals surface area contributed by atoms with Crippen LogP contribution in [-0.4, -0.2) is 67.0 Å². The van der Waals surface area contributed by atoms with Crippen LogP contribution >= 0.6 is 0 Å². The highest BCUT2D eigenvalue weighted by atomic mass is 32.2. The molecule has 0 amide bonds. The van der Waals surface area contributed by atoms with Gasteiger partial charge in [-0.25, -0.2) is 8.42 Å². The van der Waals surface area contributed by atoms with Crippen LogP contribution in [0.25, 0.3) is 10.8 Å². The van der Waals surface area contributed by atoms with E-state index in [1.165, 1.54) is 0 Å². The van der Waals surface area contributed by atoms with E-state index in [4.69, 9.17) is 4.74 Å². The lowest BCUT2D eigenvalue weighted by atomic mass is 10.1. The molecule has 7 heteroatoms. The van der Waals surface area contributed by atoms with Gasteiger partial charge in [-0.05, 0) is 38.8 Å².